The molecule has 1 aromatic carbocycles. The zero-order valence-corrected chi connectivity index (χ0v) is 15.9. The van der Waals surface area contributed by atoms with E-state index in [0.29, 0.717) is 23.9 Å². The second kappa shape index (κ2) is 6.67. The first-order valence-corrected chi connectivity index (χ1v) is 10.2. The van der Waals surface area contributed by atoms with Crippen LogP contribution in [0, 0.1) is 11.3 Å². The molecule has 1 atom stereocenters. The van der Waals surface area contributed by atoms with Crippen LogP contribution in [0.4, 0.5) is 0 Å². The second-order valence-electron chi connectivity index (χ2n) is 8.85. The van der Waals surface area contributed by atoms with Crippen LogP contribution in [0.1, 0.15) is 47.2 Å². The summed E-state index contributed by atoms with van der Waals surface area (Å²) in [5.74, 6) is 0.0254. The number of hydrogen-bond donors (Lipinski definition) is 3. The third kappa shape index (κ3) is 2.93. The molecule has 148 valence electrons. The van der Waals surface area contributed by atoms with E-state index in [4.69, 9.17) is 0 Å². The van der Waals surface area contributed by atoms with Crippen LogP contribution in [0.15, 0.2) is 18.2 Å². The van der Waals surface area contributed by atoms with Gasteiger partial charge in [0.15, 0.2) is 0 Å². The van der Waals surface area contributed by atoms with E-state index in [2.05, 4.69) is 22.0 Å². The summed E-state index contributed by atoms with van der Waals surface area (Å²) in [7, 11) is 0. The van der Waals surface area contributed by atoms with Gasteiger partial charge in [0, 0.05) is 38.2 Å². The Kier molecular flexibility index (Phi) is 4.25. The van der Waals surface area contributed by atoms with Crippen molar-refractivity contribution in [2.75, 3.05) is 19.6 Å². The van der Waals surface area contributed by atoms with Gasteiger partial charge >= 0.3 is 0 Å². The lowest BCUT2D eigenvalue weighted by Crippen LogP contribution is -2.61. The molecule has 28 heavy (non-hydrogen) atoms. The standard InChI is InChI=1S/C21H26N4O3/c26-18-5-4-17(19(27)24-18)25-10-16-14(2-1-3-15(16)20(25)28)9-22-8-13-6-21(7-13)11-23-12-21/h1-3,13,17,22-23H,4-12H2,(H,24,26,27). The molecule has 3 fully saturated rings. The third-order valence-electron chi connectivity index (χ3n) is 6.87. The average Bonchev–Trinajstić information content (AvgIpc) is 2.93. The SMILES string of the molecule is O=C1CCC(N2Cc3c(CNCC4CC5(CNC5)C4)cccc3C2=O)C(=O)N1. The monoisotopic (exact) mass is 382 g/mol. The van der Waals surface area contributed by atoms with E-state index < -0.39 is 6.04 Å². The summed E-state index contributed by atoms with van der Waals surface area (Å²) in [4.78, 5) is 38.1. The number of nitrogens with zero attached hydrogens (tertiary/aromatic N) is 1. The minimum atomic E-state index is -0.555. The van der Waals surface area contributed by atoms with Crippen LogP contribution >= 0.6 is 0 Å². The van der Waals surface area contributed by atoms with E-state index in [1.807, 2.05) is 12.1 Å². The van der Waals surface area contributed by atoms with Crippen LogP contribution in [0.3, 0.4) is 0 Å². The predicted octanol–water partition coefficient (Wildman–Crippen LogP) is 0.537. The fourth-order valence-electron chi connectivity index (χ4n) is 5.30. The Morgan fingerprint density at radius 2 is 2.00 bits per heavy atom. The van der Waals surface area contributed by atoms with Gasteiger partial charge in [-0.1, -0.05) is 12.1 Å². The Morgan fingerprint density at radius 1 is 1.18 bits per heavy atom. The van der Waals surface area contributed by atoms with Crippen LogP contribution in [0.2, 0.25) is 0 Å². The minimum Gasteiger partial charge on any atom is -0.322 e. The van der Waals surface area contributed by atoms with Crippen molar-refractivity contribution < 1.29 is 14.4 Å². The summed E-state index contributed by atoms with van der Waals surface area (Å²) in [6.45, 7) is 4.54. The average molecular weight is 382 g/mol. The molecule has 3 amide bonds. The van der Waals surface area contributed by atoms with Crippen molar-refractivity contribution in [1.82, 2.24) is 20.9 Å². The Morgan fingerprint density at radius 3 is 2.71 bits per heavy atom. The number of piperidine rings is 1. The van der Waals surface area contributed by atoms with Gasteiger partial charge in [-0.25, -0.2) is 0 Å². The summed E-state index contributed by atoms with van der Waals surface area (Å²) < 4.78 is 0. The molecule has 1 aromatic rings. The third-order valence-corrected chi connectivity index (χ3v) is 6.87. The van der Waals surface area contributed by atoms with Crippen LogP contribution < -0.4 is 16.0 Å². The van der Waals surface area contributed by atoms with Gasteiger partial charge in [0.2, 0.25) is 11.8 Å². The molecule has 1 spiro atoms. The number of nitrogens with one attached hydrogen (secondary N) is 3. The lowest BCUT2D eigenvalue weighted by molar-refractivity contribution is -0.136. The molecule has 0 aromatic heterocycles. The summed E-state index contributed by atoms with van der Waals surface area (Å²) in [6, 6.07) is 5.26. The molecule has 2 saturated heterocycles. The van der Waals surface area contributed by atoms with E-state index in [9.17, 15) is 14.4 Å². The van der Waals surface area contributed by atoms with Crippen molar-refractivity contribution in [1.29, 1.82) is 0 Å². The fraction of sp³-hybridized carbons (Fsp3) is 0.571. The number of amides is 3. The molecule has 0 radical (unpaired) electrons. The van der Waals surface area contributed by atoms with Gasteiger partial charge in [0.1, 0.15) is 6.04 Å². The van der Waals surface area contributed by atoms with Crippen LogP contribution in [-0.4, -0.2) is 48.3 Å². The Hall–Kier alpha value is -2.25. The zero-order valence-electron chi connectivity index (χ0n) is 15.9. The molecule has 3 heterocycles. The maximum Gasteiger partial charge on any atom is 0.255 e. The fourth-order valence-corrected chi connectivity index (χ4v) is 5.30. The molecular weight excluding hydrogens is 356 g/mol. The minimum absolute atomic E-state index is 0.107. The highest BCUT2D eigenvalue weighted by Gasteiger charge is 2.47. The largest absolute Gasteiger partial charge is 0.322 e. The molecule has 1 aliphatic carbocycles. The molecule has 3 aliphatic heterocycles. The maximum absolute atomic E-state index is 12.9. The van der Waals surface area contributed by atoms with Crippen molar-refractivity contribution in [3.05, 3.63) is 34.9 Å². The number of imide groups is 1. The topological polar surface area (TPSA) is 90.5 Å². The van der Waals surface area contributed by atoms with Gasteiger partial charge in [-0.3, -0.25) is 19.7 Å². The molecule has 4 aliphatic rings. The highest BCUT2D eigenvalue weighted by Crippen LogP contribution is 2.47. The van der Waals surface area contributed by atoms with Gasteiger partial charge in [-0.2, -0.15) is 0 Å². The summed E-state index contributed by atoms with van der Waals surface area (Å²) in [6.07, 6.45) is 3.29. The van der Waals surface area contributed by atoms with Gasteiger partial charge in [0.25, 0.3) is 5.91 Å². The van der Waals surface area contributed by atoms with Crippen LogP contribution in [-0.2, 0) is 22.7 Å². The molecule has 0 bridgehead atoms. The van der Waals surface area contributed by atoms with E-state index >= 15 is 0 Å². The highest BCUT2D eigenvalue weighted by atomic mass is 16.2. The van der Waals surface area contributed by atoms with Gasteiger partial charge in [-0.05, 0) is 54.3 Å². The molecule has 5 rings (SSSR count). The van der Waals surface area contributed by atoms with Gasteiger partial charge in [-0.15, -0.1) is 0 Å². The second-order valence-corrected chi connectivity index (χ2v) is 8.85. The smallest absolute Gasteiger partial charge is 0.255 e. The van der Waals surface area contributed by atoms with E-state index in [1.165, 1.54) is 25.9 Å². The van der Waals surface area contributed by atoms with Crippen LogP contribution in [0.5, 0.6) is 0 Å². The molecule has 7 heteroatoms. The highest BCUT2D eigenvalue weighted by molar-refractivity contribution is 6.05. The van der Waals surface area contributed by atoms with Gasteiger partial charge < -0.3 is 15.5 Å². The zero-order chi connectivity index (χ0) is 19.3. The van der Waals surface area contributed by atoms with E-state index in [1.54, 1.807) is 4.90 Å². The normalized spacial score (nSPS) is 26.1. The number of fused-ring (bicyclic) bond motifs is 1. The number of carbonyl (C=O) groups excluding carboxylic acids is 3. The lowest BCUT2D eigenvalue weighted by atomic mass is 9.58. The Balaban J connectivity index is 1.22. The Labute approximate surface area is 164 Å². The van der Waals surface area contributed by atoms with E-state index in [0.717, 1.165) is 30.1 Å². The van der Waals surface area contributed by atoms with Crippen molar-refractivity contribution in [3.8, 4) is 0 Å². The first kappa shape index (κ1) is 17.8. The van der Waals surface area contributed by atoms with Crippen molar-refractivity contribution in [2.24, 2.45) is 11.3 Å². The number of benzene rings is 1. The molecule has 1 saturated carbocycles. The number of hydrogen-bond acceptors (Lipinski definition) is 5. The van der Waals surface area contributed by atoms with Gasteiger partial charge in [0.05, 0.1) is 0 Å². The first-order chi connectivity index (χ1) is 13.5. The summed E-state index contributed by atoms with van der Waals surface area (Å²) >= 11 is 0. The maximum atomic E-state index is 12.9. The van der Waals surface area contributed by atoms with Crippen molar-refractivity contribution in [3.63, 3.8) is 0 Å². The lowest BCUT2D eigenvalue weighted by Gasteiger charge is -2.54. The molecule has 3 N–H and O–H groups in total. The molecular formula is C21H26N4O3. The summed E-state index contributed by atoms with van der Waals surface area (Å²) in [5.41, 5.74) is 3.42. The Bertz CT molecular complexity index is 840. The predicted molar refractivity (Wildman–Crippen MR) is 102 cm³/mol. The van der Waals surface area contributed by atoms with Crippen molar-refractivity contribution in [2.45, 2.75) is 44.8 Å². The number of carbonyl (C=O) groups is 3. The summed E-state index contributed by atoms with van der Waals surface area (Å²) in [5, 5.41) is 9.30. The molecule has 7 nitrogen and oxygen atoms in total. The van der Waals surface area contributed by atoms with Crippen LogP contribution in [0.25, 0.3) is 0 Å². The van der Waals surface area contributed by atoms with E-state index in [-0.39, 0.29) is 24.1 Å². The number of rotatable bonds is 5. The van der Waals surface area contributed by atoms with Crippen molar-refractivity contribution >= 4 is 17.7 Å². The quantitative estimate of drug-likeness (QED) is 0.647. The first-order valence-electron chi connectivity index (χ1n) is 10.2. The molecule has 1 unspecified atom stereocenters.